The molecule has 1 aromatic carbocycles. The van der Waals surface area contributed by atoms with Crippen molar-refractivity contribution < 1.29 is 27.5 Å². The first-order valence-corrected chi connectivity index (χ1v) is 5.61. The number of likely N-dealkylation sites (N-methyl/N-ethyl adjacent to an activating group) is 1. The van der Waals surface area contributed by atoms with Crippen LogP contribution in [0.2, 0.25) is 0 Å². The van der Waals surface area contributed by atoms with E-state index in [4.69, 9.17) is 10.4 Å². The number of carbonyl (C=O) groups is 1. The predicted octanol–water partition coefficient (Wildman–Crippen LogP) is 2.08. The first kappa shape index (κ1) is 16.7. The van der Waals surface area contributed by atoms with Gasteiger partial charge in [0.2, 0.25) is 0 Å². The SMILES string of the molecule is CN(CC(O)C(F)(F)F)C(=O)Nc1ccc(F)c(C#N)c1. The topological polar surface area (TPSA) is 76.4 Å². The van der Waals surface area contributed by atoms with Crippen LogP contribution in [0.1, 0.15) is 5.56 Å². The molecule has 0 aromatic heterocycles. The minimum absolute atomic E-state index is 0.0475. The van der Waals surface area contributed by atoms with Crippen molar-refractivity contribution in [1.29, 1.82) is 5.26 Å². The Labute approximate surface area is 117 Å². The summed E-state index contributed by atoms with van der Waals surface area (Å²) in [7, 11) is 1.05. The molecule has 0 fully saturated rings. The lowest BCUT2D eigenvalue weighted by atomic mass is 10.2. The highest BCUT2D eigenvalue weighted by Gasteiger charge is 2.39. The number of carbonyl (C=O) groups excluding carboxylic acids is 1. The molecule has 1 unspecified atom stereocenters. The quantitative estimate of drug-likeness (QED) is 0.840. The molecule has 0 radical (unpaired) electrons. The van der Waals surface area contributed by atoms with E-state index in [1.165, 1.54) is 0 Å². The van der Waals surface area contributed by atoms with Gasteiger partial charge in [-0.25, -0.2) is 9.18 Å². The molecule has 2 amide bonds. The summed E-state index contributed by atoms with van der Waals surface area (Å²) in [5.74, 6) is -0.781. The summed E-state index contributed by atoms with van der Waals surface area (Å²) in [6, 6.07) is 3.77. The molecule has 21 heavy (non-hydrogen) atoms. The van der Waals surface area contributed by atoms with E-state index in [0.29, 0.717) is 4.90 Å². The maximum Gasteiger partial charge on any atom is 0.416 e. The minimum atomic E-state index is -4.83. The number of nitriles is 1. The molecule has 0 saturated heterocycles. The molecule has 1 atom stereocenters. The maximum absolute atomic E-state index is 13.1. The Morgan fingerprint density at radius 2 is 2.14 bits per heavy atom. The van der Waals surface area contributed by atoms with Gasteiger partial charge in [-0.3, -0.25) is 0 Å². The van der Waals surface area contributed by atoms with Gasteiger partial charge in [0.25, 0.3) is 0 Å². The first-order valence-electron chi connectivity index (χ1n) is 5.61. The second kappa shape index (κ2) is 6.41. The molecule has 0 bridgehead atoms. The van der Waals surface area contributed by atoms with Crippen LogP contribution in [0.4, 0.5) is 28.0 Å². The third-order valence-corrected chi connectivity index (χ3v) is 2.51. The van der Waals surface area contributed by atoms with Crippen LogP contribution in [0.3, 0.4) is 0 Å². The number of hydrogen-bond donors (Lipinski definition) is 2. The molecule has 114 valence electrons. The van der Waals surface area contributed by atoms with Gasteiger partial charge in [-0.1, -0.05) is 0 Å². The van der Waals surface area contributed by atoms with E-state index in [1.807, 2.05) is 0 Å². The van der Waals surface area contributed by atoms with Gasteiger partial charge < -0.3 is 15.3 Å². The van der Waals surface area contributed by atoms with E-state index in [1.54, 1.807) is 6.07 Å². The largest absolute Gasteiger partial charge is 0.416 e. The zero-order valence-electron chi connectivity index (χ0n) is 10.8. The molecular weight excluding hydrogens is 294 g/mol. The fraction of sp³-hybridized carbons (Fsp3) is 0.333. The van der Waals surface area contributed by atoms with E-state index >= 15 is 0 Å². The van der Waals surface area contributed by atoms with Crippen LogP contribution in [0.25, 0.3) is 0 Å². The number of aliphatic hydroxyl groups is 1. The van der Waals surface area contributed by atoms with E-state index in [0.717, 1.165) is 25.2 Å². The molecule has 0 heterocycles. The standard InChI is InChI=1S/C12H11F4N3O2/c1-19(6-10(20)12(14,15)16)11(21)18-8-2-3-9(13)7(4-8)5-17/h2-4,10,20H,6H2,1H3,(H,18,21). The smallest absolute Gasteiger partial charge is 0.382 e. The number of rotatable bonds is 3. The van der Waals surface area contributed by atoms with Crippen molar-refractivity contribution >= 4 is 11.7 Å². The molecule has 0 spiro atoms. The average Bonchev–Trinajstić information content (AvgIpc) is 2.39. The van der Waals surface area contributed by atoms with Crippen LogP contribution in [-0.4, -0.2) is 41.9 Å². The monoisotopic (exact) mass is 305 g/mol. The highest BCUT2D eigenvalue weighted by atomic mass is 19.4. The Balaban J connectivity index is 2.71. The van der Waals surface area contributed by atoms with Crippen molar-refractivity contribution in [2.45, 2.75) is 12.3 Å². The number of amides is 2. The Morgan fingerprint density at radius 3 is 2.67 bits per heavy atom. The summed E-state index contributed by atoms with van der Waals surface area (Å²) in [5, 5.41) is 19.7. The number of halogens is 4. The van der Waals surface area contributed by atoms with Gasteiger partial charge in [-0.15, -0.1) is 0 Å². The van der Waals surface area contributed by atoms with E-state index in [9.17, 15) is 22.4 Å². The Kier molecular flexibility index (Phi) is 5.10. The fourth-order valence-electron chi connectivity index (χ4n) is 1.35. The molecular formula is C12H11F4N3O2. The van der Waals surface area contributed by atoms with Crippen molar-refractivity contribution in [2.75, 3.05) is 18.9 Å². The van der Waals surface area contributed by atoms with E-state index in [2.05, 4.69) is 5.32 Å². The van der Waals surface area contributed by atoms with Crippen LogP contribution in [0.15, 0.2) is 18.2 Å². The number of benzene rings is 1. The molecule has 0 aliphatic rings. The van der Waals surface area contributed by atoms with Gasteiger partial charge in [-0.2, -0.15) is 18.4 Å². The number of hydrogen-bond acceptors (Lipinski definition) is 3. The summed E-state index contributed by atoms with van der Waals surface area (Å²) in [6.45, 7) is -0.957. The fourth-order valence-corrected chi connectivity index (χ4v) is 1.35. The second-order valence-electron chi connectivity index (χ2n) is 4.17. The molecule has 0 saturated carbocycles. The highest BCUT2D eigenvalue weighted by molar-refractivity contribution is 5.89. The van der Waals surface area contributed by atoms with Crippen molar-refractivity contribution in [1.82, 2.24) is 4.90 Å². The van der Waals surface area contributed by atoms with Crippen molar-refractivity contribution in [2.24, 2.45) is 0 Å². The Hall–Kier alpha value is -2.34. The Morgan fingerprint density at radius 1 is 1.52 bits per heavy atom. The summed E-state index contributed by atoms with van der Waals surface area (Å²) < 4.78 is 49.5. The van der Waals surface area contributed by atoms with Gasteiger partial charge in [0, 0.05) is 12.7 Å². The third-order valence-electron chi connectivity index (χ3n) is 2.51. The van der Waals surface area contributed by atoms with Crippen LogP contribution >= 0.6 is 0 Å². The summed E-state index contributed by atoms with van der Waals surface area (Å²) in [5.41, 5.74) is -0.267. The second-order valence-corrected chi connectivity index (χ2v) is 4.17. The molecule has 1 rings (SSSR count). The van der Waals surface area contributed by atoms with Crippen molar-refractivity contribution in [3.8, 4) is 6.07 Å². The molecule has 1 aromatic rings. The van der Waals surface area contributed by atoms with Crippen LogP contribution < -0.4 is 5.32 Å². The minimum Gasteiger partial charge on any atom is -0.382 e. The lowest BCUT2D eigenvalue weighted by Gasteiger charge is -2.22. The zero-order chi connectivity index (χ0) is 16.2. The van der Waals surface area contributed by atoms with Gasteiger partial charge in [-0.05, 0) is 18.2 Å². The van der Waals surface area contributed by atoms with E-state index in [-0.39, 0.29) is 11.3 Å². The van der Waals surface area contributed by atoms with Gasteiger partial charge in [0.05, 0.1) is 12.1 Å². The molecule has 0 aliphatic carbocycles. The van der Waals surface area contributed by atoms with Gasteiger partial charge >= 0.3 is 12.2 Å². The number of urea groups is 1. The van der Waals surface area contributed by atoms with Gasteiger partial charge in [0.15, 0.2) is 6.10 Å². The third kappa shape index (κ3) is 4.61. The molecule has 0 aliphatic heterocycles. The predicted molar refractivity (Wildman–Crippen MR) is 64.8 cm³/mol. The zero-order valence-corrected chi connectivity index (χ0v) is 10.8. The van der Waals surface area contributed by atoms with Gasteiger partial charge in [0.1, 0.15) is 11.9 Å². The van der Waals surface area contributed by atoms with Crippen LogP contribution in [0.5, 0.6) is 0 Å². The lowest BCUT2D eigenvalue weighted by molar-refractivity contribution is -0.205. The summed E-state index contributed by atoms with van der Waals surface area (Å²) >= 11 is 0. The molecule has 9 heteroatoms. The lowest BCUT2D eigenvalue weighted by Crippen LogP contribution is -2.43. The highest BCUT2D eigenvalue weighted by Crippen LogP contribution is 2.21. The number of nitrogens with zero attached hydrogens (tertiary/aromatic N) is 2. The number of alkyl halides is 3. The van der Waals surface area contributed by atoms with Crippen molar-refractivity contribution in [3.63, 3.8) is 0 Å². The summed E-state index contributed by atoms with van der Waals surface area (Å²) in [4.78, 5) is 12.2. The molecule has 2 N–H and O–H groups in total. The van der Waals surface area contributed by atoms with E-state index < -0.39 is 30.7 Å². The molecule has 5 nitrogen and oxygen atoms in total. The number of nitrogens with one attached hydrogen (secondary N) is 1. The van der Waals surface area contributed by atoms with Crippen molar-refractivity contribution in [3.05, 3.63) is 29.6 Å². The van der Waals surface area contributed by atoms with Crippen LogP contribution in [-0.2, 0) is 0 Å². The number of anilines is 1. The normalized spacial score (nSPS) is 12.4. The Bertz CT molecular complexity index is 569. The maximum atomic E-state index is 13.1. The first-order chi connectivity index (χ1) is 9.65. The van der Waals surface area contributed by atoms with Crippen LogP contribution in [0, 0.1) is 17.1 Å². The summed E-state index contributed by atoms with van der Waals surface area (Å²) in [6.07, 6.45) is -7.51. The average molecular weight is 305 g/mol. The number of aliphatic hydroxyl groups excluding tert-OH is 1.